The highest BCUT2D eigenvalue weighted by Crippen LogP contribution is 2.44. The molecule has 0 amide bonds. The van der Waals surface area contributed by atoms with Crippen molar-refractivity contribution in [1.82, 2.24) is 0 Å². The summed E-state index contributed by atoms with van der Waals surface area (Å²) in [6, 6.07) is 2.04. The molecule has 0 aromatic heterocycles. The second-order valence-electron chi connectivity index (χ2n) is 3.91. The molecule has 0 unspecified atom stereocenters. The molecule has 0 atom stereocenters. The fraction of sp³-hybridized carbons (Fsp3) is 0.900. The van der Waals surface area contributed by atoms with Crippen LogP contribution in [0.5, 0.6) is 0 Å². The molecule has 17 heavy (non-hydrogen) atoms. The van der Waals surface area contributed by atoms with Crippen molar-refractivity contribution < 1.29 is 16.2 Å². The summed E-state index contributed by atoms with van der Waals surface area (Å²) in [5.41, 5.74) is 0. The predicted octanol–water partition coefficient (Wildman–Crippen LogP) is 2.35. The van der Waals surface area contributed by atoms with E-state index < -0.39 is 20.7 Å². The Kier molecular flexibility index (Phi) is 7.79. The van der Waals surface area contributed by atoms with Crippen LogP contribution in [0.25, 0.3) is 0 Å². The van der Waals surface area contributed by atoms with E-state index in [1.165, 1.54) is 0 Å². The Bertz CT molecular complexity index is 346. The van der Waals surface area contributed by atoms with Gasteiger partial charge in [0, 0.05) is 18.9 Å². The van der Waals surface area contributed by atoms with Crippen LogP contribution < -0.4 is 0 Å². The normalized spacial score (nSPS) is 13.3. The minimum absolute atomic E-state index is 0.0151. The summed E-state index contributed by atoms with van der Waals surface area (Å²) in [6.45, 7) is 2.21. The van der Waals surface area contributed by atoms with Gasteiger partial charge in [-0.1, -0.05) is 6.92 Å². The number of nitriles is 1. The molecule has 0 aromatic carbocycles. The smallest absolute Gasteiger partial charge is 0.284 e. The monoisotopic (exact) mass is 283 g/mol. The molecule has 7 heteroatoms. The summed E-state index contributed by atoms with van der Waals surface area (Å²) in [5, 5.41) is 8.35. The topological polar surface area (TPSA) is 76.4 Å². The molecule has 0 aliphatic carbocycles. The third-order valence-electron chi connectivity index (χ3n) is 1.77. The fourth-order valence-electron chi connectivity index (χ4n) is 1.12. The summed E-state index contributed by atoms with van der Waals surface area (Å²) >= 11 is 0. The number of nitrogens with zero attached hydrogens (tertiary/aromatic N) is 1. The average Bonchev–Trinajstić information content (AvgIpc) is 2.15. The molecule has 0 spiro atoms. The second-order valence-corrected chi connectivity index (χ2v) is 8.50. The lowest BCUT2D eigenvalue weighted by molar-refractivity contribution is 0.316. The third kappa shape index (κ3) is 9.41. The molecule has 0 bridgehead atoms. The standard InChI is InChI=1S/C10H21NO4S2/c1-4-10-17(12,13)15-16(2,3)14-9-7-5-6-8-11/h4-7,9-10H2,1-3H3. The van der Waals surface area contributed by atoms with Crippen molar-refractivity contribution in [3.8, 4) is 6.07 Å². The molecule has 0 aliphatic heterocycles. The van der Waals surface area contributed by atoms with Crippen molar-refractivity contribution >= 4 is 20.7 Å². The van der Waals surface area contributed by atoms with Crippen LogP contribution in [0.3, 0.4) is 0 Å². The molecule has 0 fully saturated rings. The fourth-order valence-corrected chi connectivity index (χ4v) is 4.56. The molecule has 0 heterocycles. The molecule has 0 saturated heterocycles. The molecule has 5 nitrogen and oxygen atoms in total. The van der Waals surface area contributed by atoms with Crippen LogP contribution in [0, 0.1) is 11.3 Å². The first-order valence-corrected chi connectivity index (χ1v) is 9.39. The maximum atomic E-state index is 11.5. The van der Waals surface area contributed by atoms with Crippen molar-refractivity contribution in [3.05, 3.63) is 0 Å². The summed E-state index contributed by atoms with van der Waals surface area (Å²) in [5.74, 6) is 0.0151. The Balaban J connectivity index is 3.99. The van der Waals surface area contributed by atoms with Gasteiger partial charge >= 0.3 is 0 Å². The lowest BCUT2D eigenvalue weighted by atomic mass is 10.3. The molecule has 0 aromatic rings. The van der Waals surface area contributed by atoms with Crippen LogP contribution in [0.15, 0.2) is 0 Å². The highest BCUT2D eigenvalue weighted by molar-refractivity contribution is 8.28. The van der Waals surface area contributed by atoms with E-state index in [-0.39, 0.29) is 5.75 Å². The first-order valence-electron chi connectivity index (χ1n) is 5.51. The van der Waals surface area contributed by atoms with Crippen LogP contribution in [0.1, 0.15) is 32.6 Å². The quantitative estimate of drug-likeness (QED) is 0.607. The molecular weight excluding hydrogens is 262 g/mol. The molecule has 0 saturated carbocycles. The molecule has 0 N–H and O–H groups in total. The van der Waals surface area contributed by atoms with Gasteiger partial charge in [-0.3, -0.25) is 4.18 Å². The number of hydrogen-bond donors (Lipinski definition) is 0. The third-order valence-corrected chi connectivity index (χ3v) is 5.55. The van der Waals surface area contributed by atoms with Gasteiger partial charge in [0.05, 0.1) is 18.4 Å². The van der Waals surface area contributed by atoms with Gasteiger partial charge in [0.25, 0.3) is 10.1 Å². The van der Waals surface area contributed by atoms with E-state index in [9.17, 15) is 8.42 Å². The van der Waals surface area contributed by atoms with E-state index in [1.807, 2.05) is 6.07 Å². The Morgan fingerprint density at radius 3 is 2.41 bits per heavy atom. The predicted molar refractivity (Wildman–Crippen MR) is 70.0 cm³/mol. The number of rotatable bonds is 9. The van der Waals surface area contributed by atoms with Gasteiger partial charge < -0.3 is 0 Å². The van der Waals surface area contributed by atoms with Crippen molar-refractivity contribution in [1.29, 1.82) is 5.26 Å². The highest BCUT2D eigenvalue weighted by Gasteiger charge is 2.19. The summed E-state index contributed by atoms with van der Waals surface area (Å²) in [4.78, 5) is 0. The zero-order valence-corrected chi connectivity index (χ0v) is 12.3. The SMILES string of the molecule is CCCS(=O)(=O)OS(C)(C)OCCCCC#N. The van der Waals surface area contributed by atoms with Gasteiger partial charge in [0.2, 0.25) is 0 Å². The largest absolute Gasteiger partial charge is 0.285 e. The highest BCUT2D eigenvalue weighted by atomic mass is 32.3. The second kappa shape index (κ2) is 7.93. The maximum Gasteiger partial charge on any atom is 0.285 e. The van der Waals surface area contributed by atoms with E-state index in [0.717, 1.165) is 12.8 Å². The maximum absolute atomic E-state index is 11.5. The number of hydrogen-bond acceptors (Lipinski definition) is 5. The Morgan fingerprint density at radius 1 is 1.24 bits per heavy atom. The lowest BCUT2D eigenvalue weighted by Gasteiger charge is -2.33. The molecule has 0 radical (unpaired) electrons. The van der Waals surface area contributed by atoms with Crippen LogP contribution >= 0.6 is 10.6 Å². The molecule has 0 aliphatic rings. The van der Waals surface area contributed by atoms with E-state index in [0.29, 0.717) is 19.4 Å². The van der Waals surface area contributed by atoms with Gasteiger partial charge in [-0.05, 0) is 19.3 Å². The van der Waals surface area contributed by atoms with Crippen molar-refractivity contribution in [3.63, 3.8) is 0 Å². The Hall–Kier alpha value is -0.290. The zero-order valence-electron chi connectivity index (χ0n) is 10.6. The zero-order chi connectivity index (χ0) is 13.4. The lowest BCUT2D eigenvalue weighted by Crippen LogP contribution is -2.15. The van der Waals surface area contributed by atoms with Crippen molar-refractivity contribution in [2.24, 2.45) is 0 Å². The summed E-state index contributed by atoms with van der Waals surface area (Å²) in [7, 11) is -5.50. The van der Waals surface area contributed by atoms with E-state index >= 15 is 0 Å². The van der Waals surface area contributed by atoms with Crippen LogP contribution in [0.4, 0.5) is 0 Å². The van der Waals surface area contributed by atoms with E-state index in [2.05, 4.69) is 0 Å². The van der Waals surface area contributed by atoms with Crippen molar-refractivity contribution in [2.75, 3.05) is 24.9 Å². The minimum atomic E-state index is -3.48. The summed E-state index contributed by atoms with van der Waals surface area (Å²) in [6.07, 6.45) is 5.83. The molecule has 102 valence electrons. The minimum Gasteiger partial charge on any atom is -0.284 e. The first kappa shape index (κ1) is 16.7. The van der Waals surface area contributed by atoms with Crippen LogP contribution in [0.2, 0.25) is 0 Å². The Labute approximate surface area is 106 Å². The van der Waals surface area contributed by atoms with Crippen LogP contribution in [-0.2, 0) is 17.9 Å². The van der Waals surface area contributed by atoms with Gasteiger partial charge in [-0.15, -0.1) is 0 Å². The van der Waals surface area contributed by atoms with Gasteiger partial charge in [-0.2, -0.15) is 27.9 Å². The van der Waals surface area contributed by atoms with E-state index in [4.69, 9.17) is 13.1 Å². The van der Waals surface area contributed by atoms with Gasteiger partial charge in [0.15, 0.2) is 0 Å². The van der Waals surface area contributed by atoms with Crippen molar-refractivity contribution in [2.45, 2.75) is 32.6 Å². The molecule has 0 rings (SSSR count). The van der Waals surface area contributed by atoms with Gasteiger partial charge in [-0.25, -0.2) is 0 Å². The van der Waals surface area contributed by atoms with E-state index in [1.54, 1.807) is 19.4 Å². The summed E-state index contributed by atoms with van der Waals surface area (Å²) < 4.78 is 33.4. The average molecular weight is 283 g/mol. The Morgan fingerprint density at radius 2 is 1.88 bits per heavy atom. The number of unbranched alkanes of at least 4 members (excludes halogenated alkanes) is 2. The first-order chi connectivity index (χ1) is 7.83. The molecular formula is C10H21NO4S2. The van der Waals surface area contributed by atoms with Crippen LogP contribution in [-0.4, -0.2) is 33.3 Å². The van der Waals surface area contributed by atoms with Gasteiger partial charge in [0.1, 0.15) is 0 Å².